The SMILES string of the molecule is CCOC(=O)c1cn(-c2cccc(OC(F)(F)F)c2)nc1N(C(=O)[C@H]1CC[C@H](C)CC1)C(C)C. The molecule has 0 spiro atoms. The van der Waals surface area contributed by atoms with E-state index in [0.29, 0.717) is 5.92 Å². The molecule has 0 aliphatic heterocycles. The number of amides is 1. The second-order valence-corrected chi connectivity index (χ2v) is 8.84. The van der Waals surface area contributed by atoms with E-state index in [1.54, 1.807) is 6.92 Å². The van der Waals surface area contributed by atoms with Gasteiger partial charge in [0.15, 0.2) is 5.82 Å². The molecule has 0 unspecified atom stereocenters. The molecule has 0 saturated heterocycles. The smallest absolute Gasteiger partial charge is 0.462 e. The minimum atomic E-state index is -4.84. The lowest BCUT2D eigenvalue weighted by atomic mass is 9.82. The summed E-state index contributed by atoms with van der Waals surface area (Å²) in [6.07, 6.45) is -0.0556. The standard InChI is InChI=1S/C24H30F3N3O4/c1-5-33-23(32)20-14-29(18-7-6-8-19(13-18)34-24(25,26)27)28-21(20)30(15(2)3)22(31)17-11-9-16(4)10-12-17/h6-8,13-17H,5,9-12H2,1-4H3/t16-,17-. The maximum atomic E-state index is 13.5. The molecular weight excluding hydrogens is 451 g/mol. The van der Waals surface area contributed by atoms with Crippen molar-refractivity contribution in [2.75, 3.05) is 11.5 Å². The van der Waals surface area contributed by atoms with Gasteiger partial charge in [-0.25, -0.2) is 9.48 Å². The van der Waals surface area contributed by atoms with Crippen LogP contribution in [0.3, 0.4) is 0 Å². The van der Waals surface area contributed by atoms with Gasteiger partial charge in [0.25, 0.3) is 0 Å². The van der Waals surface area contributed by atoms with Crippen LogP contribution in [0, 0.1) is 11.8 Å². The van der Waals surface area contributed by atoms with Crippen LogP contribution in [0.4, 0.5) is 19.0 Å². The third-order valence-electron chi connectivity index (χ3n) is 5.85. The van der Waals surface area contributed by atoms with Gasteiger partial charge in [-0.3, -0.25) is 9.69 Å². The molecule has 34 heavy (non-hydrogen) atoms. The number of aromatic nitrogens is 2. The molecule has 1 heterocycles. The van der Waals surface area contributed by atoms with E-state index >= 15 is 0 Å². The minimum absolute atomic E-state index is 0.0650. The van der Waals surface area contributed by atoms with E-state index < -0.39 is 18.1 Å². The monoisotopic (exact) mass is 481 g/mol. The number of carbonyl (C=O) groups excluding carboxylic acids is 2. The van der Waals surface area contributed by atoms with Crippen molar-refractivity contribution in [3.05, 3.63) is 36.0 Å². The van der Waals surface area contributed by atoms with Gasteiger partial charge in [-0.2, -0.15) is 0 Å². The average Bonchev–Trinajstić information content (AvgIpc) is 3.18. The molecule has 186 valence electrons. The van der Waals surface area contributed by atoms with Crippen LogP contribution >= 0.6 is 0 Å². The molecular formula is C24H30F3N3O4. The largest absolute Gasteiger partial charge is 0.573 e. The van der Waals surface area contributed by atoms with Crippen LogP contribution in [0.5, 0.6) is 5.75 Å². The van der Waals surface area contributed by atoms with Crippen LogP contribution in [-0.4, -0.2) is 40.7 Å². The van der Waals surface area contributed by atoms with Crippen molar-refractivity contribution in [3.63, 3.8) is 0 Å². The summed E-state index contributed by atoms with van der Waals surface area (Å²) in [6, 6.07) is 4.93. The topological polar surface area (TPSA) is 73.7 Å². The molecule has 1 aliphatic carbocycles. The first-order valence-corrected chi connectivity index (χ1v) is 11.5. The molecule has 10 heteroatoms. The first-order valence-electron chi connectivity index (χ1n) is 11.5. The molecule has 0 radical (unpaired) electrons. The highest BCUT2D eigenvalue weighted by Gasteiger charge is 2.35. The van der Waals surface area contributed by atoms with Crippen molar-refractivity contribution in [2.45, 2.75) is 65.8 Å². The number of carbonyl (C=O) groups is 2. The van der Waals surface area contributed by atoms with Crippen molar-refractivity contribution in [3.8, 4) is 11.4 Å². The van der Waals surface area contributed by atoms with Crippen LogP contribution < -0.4 is 9.64 Å². The Morgan fingerprint density at radius 1 is 1.21 bits per heavy atom. The maximum absolute atomic E-state index is 13.5. The molecule has 1 aliphatic rings. The Kier molecular flexibility index (Phi) is 7.89. The zero-order chi connectivity index (χ0) is 25.0. The first kappa shape index (κ1) is 25.6. The van der Waals surface area contributed by atoms with Gasteiger partial charge in [0.05, 0.1) is 12.3 Å². The van der Waals surface area contributed by atoms with Crippen LogP contribution in [-0.2, 0) is 9.53 Å². The van der Waals surface area contributed by atoms with Gasteiger partial charge in [-0.15, -0.1) is 18.3 Å². The molecule has 0 bridgehead atoms. The number of esters is 1. The molecule has 0 atom stereocenters. The number of anilines is 1. The predicted molar refractivity (Wildman–Crippen MR) is 120 cm³/mol. The lowest BCUT2D eigenvalue weighted by molar-refractivity contribution is -0.274. The predicted octanol–water partition coefficient (Wildman–Crippen LogP) is 5.52. The highest BCUT2D eigenvalue weighted by molar-refractivity contribution is 6.02. The summed E-state index contributed by atoms with van der Waals surface area (Å²) in [5.41, 5.74) is 0.302. The van der Waals surface area contributed by atoms with Crippen LogP contribution in [0.25, 0.3) is 5.69 Å². The first-order chi connectivity index (χ1) is 16.0. The second-order valence-electron chi connectivity index (χ2n) is 8.84. The molecule has 1 aromatic carbocycles. The van der Waals surface area contributed by atoms with Crippen molar-refractivity contribution in [1.29, 1.82) is 0 Å². The van der Waals surface area contributed by atoms with E-state index in [4.69, 9.17) is 4.74 Å². The Labute approximate surface area is 196 Å². The number of rotatable bonds is 7. The number of hydrogen-bond donors (Lipinski definition) is 0. The summed E-state index contributed by atoms with van der Waals surface area (Å²) in [5, 5.41) is 4.46. The number of hydrogen-bond acceptors (Lipinski definition) is 5. The Balaban J connectivity index is 2.02. The van der Waals surface area contributed by atoms with E-state index in [1.165, 1.54) is 34.0 Å². The lowest BCUT2D eigenvalue weighted by Crippen LogP contribution is -2.43. The Bertz CT molecular complexity index is 1010. The van der Waals surface area contributed by atoms with Crippen molar-refractivity contribution in [1.82, 2.24) is 9.78 Å². The van der Waals surface area contributed by atoms with Gasteiger partial charge in [-0.05, 0) is 64.5 Å². The highest BCUT2D eigenvalue weighted by Crippen LogP contribution is 2.33. The molecule has 3 rings (SSSR count). The highest BCUT2D eigenvalue weighted by atomic mass is 19.4. The summed E-state index contributed by atoms with van der Waals surface area (Å²) in [4.78, 5) is 27.8. The number of benzene rings is 1. The summed E-state index contributed by atoms with van der Waals surface area (Å²) >= 11 is 0. The van der Waals surface area contributed by atoms with Crippen LogP contribution in [0.15, 0.2) is 30.5 Å². The summed E-state index contributed by atoms with van der Waals surface area (Å²) < 4.78 is 48.4. The quantitative estimate of drug-likeness (QED) is 0.487. The fraction of sp³-hybridized carbons (Fsp3) is 0.542. The van der Waals surface area contributed by atoms with Gasteiger partial charge < -0.3 is 9.47 Å². The van der Waals surface area contributed by atoms with Gasteiger partial charge >= 0.3 is 12.3 Å². The molecule has 1 fully saturated rings. The number of halogens is 3. The van der Waals surface area contributed by atoms with Crippen molar-refractivity contribution in [2.24, 2.45) is 11.8 Å². The average molecular weight is 482 g/mol. The zero-order valence-corrected chi connectivity index (χ0v) is 19.8. The van der Waals surface area contributed by atoms with Crippen LogP contribution in [0.1, 0.15) is 63.7 Å². The van der Waals surface area contributed by atoms with Crippen molar-refractivity contribution < 1.29 is 32.2 Å². The van der Waals surface area contributed by atoms with Crippen LogP contribution in [0.2, 0.25) is 0 Å². The minimum Gasteiger partial charge on any atom is -0.462 e. The van der Waals surface area contributed by atoms with Gasteiger partial charge in [0.1, 0.15) is 11.3 Å². The number of ether oxygens (including phenoxy) is 2. The fourth-order valence-corrected chi connectivity index (χ4v) is 4.16. The molecule has 7 nitrogen and oxygen atoms in total. The zero-order valence-electron chi connectivity index (χ0n) is 19.8. The van der Waals surface area contributed by atoms with E-state index in [1.807, 2.05) is 13.8 Å². The maximum Gasteiger partial charge on any atom is 0.573 e. The van der Waals surface area contributed by atoms with Gasteiger partial charge in [-0.1, -0.05) is 13.0 Å². The Morgan fingerprint density at radius 3 is 2.47 bits per heavy atom. The van der Waals surface area contributed by atoms with E-state index in [-0.39, 0.29) is 41.5 Å². The molecule has 1 amide bonds. The third kappa shape index (κ3) is 6.09. The van der Waals surface area contributed by atoms with Gasteiger partial charge in [0, 0.05) is 24.2 Å². The van der Waals surface area contributed by atoms with Gasteiger partial charge in [0.2, 0.25) is 5.91 Å². The Hall–Kier alpha value is -3.04. The number of nitrogens with zero attached hydrogens (tertiary/aromatic N) is 3. The third-order valence-corrected chi connectivity index (χ3v) is 5.85. The lowest BCUT2D eigenvalue weighted by Gasteiger charge is -2.32. The fourth-order valence-electron chi connectivity index (χ4n) is 4.16. The molecule has 2 aromatic rings. The summed E-state index contributed by atoms with van der Waals surface area (Å²) in [6.45, 7) is 7.60. The van der Waals surface area contributed by atoms with E-state index in [2.05, 4.69) is 16.8 Å². The number of alkyl halides is 3. The van der Waals surface area contributed by atoms with Crippen molar-refractivity contribution >= 4 is 17.7 Å². The summed E-state index contributed by atoms with van der Waals surface area (Å²) in [5.74, 6) is -0.694. The molecule has 1 aromatic heterocycles. The normalized spacial score (nSPS) is 18.6. The Morgan fingerprint density at radius 2 is 1.88 bits per heavy atom. The van der Waals surface area contributed by atoms with E-state index in [9.17, 15) is 22.8 Å². The second kappa shape index (κ2) is 10.5. The molecule has 1 saturated carbocycles. The van der Waals surface area contributed by atoms with E-state index in [0.717, 1.165) is 31.7 Å². The summed E-state index contributed by atoms with van der Waals surface area (Å²) in [7, 11) is 0. The molecule has 0 N–H and O–H groups in total.